The second kappa shape index (κ2) is 6.68. The highest BCUT2D eigenvalue weighted by atomic mass is 79.9. The molecule has 0 aliphatic rings. The molecule has 3 heteroatoms. The molecular weight excluding hydrogens is 276 g/mol. The quantitative estimate of drug-likeness (QED) is 0.844. The molecule has 0 unspecified atom stereocenters. The SMILES string of the molecule is C#CCN(CCC)c1ccc([C@@H](C)N)cc1Br. The van der Waals surface area contributed by atoms with E-state index in [1.165, 1.54) is 0 Å². The Morgan fingerprint density at radius 2 is 2.24 bits per heavy atom. The molecule has 1 aromatic carbocycles. The topological polar surface area (TPSA) is 29.3 Å². The van der Waals surface area contributed by atoms with E-state index in [0.717, 1.165) is 28.7 Å². The smallest absolute Gasteiger partial charge is 0.0792 e. The third kappa shape index (κ3) is 3.76. The van der Waals surface area contributed by atoms with E-state index in [1.54, 1.807) is 0 Å². The Balaban J connectivity index is 3.00. The zero-order chi connectivity index (χ0) is 12.8. The predicted molar refractivity (Wildman–Crippen MR) is 78.1 cm³/mol. The van der Waals surface area contributed by atoms with E-state index in [2.05, 4.69) is 51.9 Å². The Hall–Kier alpha value is -0.980. The van der Waals surface area contributed by atoms with Gasteiger partial charge in [0.1, 0.15) is 0 Å². The minimum atomic E-state index is 0.0487. The Morgan fingerprint density at radius 1 is 1.53 bits per heavy atom. The van der Waals surface area contributed by atoms with Gasteiger partial charge in [-0.3, -0.25) is 0 Å². The van der Waals surface area contributed by atoms with E-state index in [4.69, 9.17) is 12.2 Å². The van der Waals surface area contributed by atoms with Crippen molar-refractivity contribution in [1.29, 1.82) is 0 Å². The van der Waals surface area contributed by atoms with Crippen molar-refractivity contribution in [3.63, 3.8) is 0 Å². The molecule has 2 nitrogen and oxygen atoms in total. The molecule has 92 valence electrons. The lowest BCUT2D eigenvalue weighted by Crippen LogP contribution is -2.24. The van der Waals surface area contributed by atoms with Gasteiger partial charge in [0.2, 0.25) is 0 Å². The Labute approximate surface area is 112 Å². The second-order valence-electron chi connectivity index (χ2n) is 4.13. The van der Waals surface area contributed by atoms with E-state index in [0.29, 0.717) is 6.54 Å². The molecule has 0 fully saturated rings. The van der Waals surface area contributed by atoms with Gasteiger partial charge in [0, 0.05) is 17.1 Å². The van der Waals surface area contributed by atoms with Gasteiger partial charge < -0.3 is 10.6 Å². The van der Waals surface area contributed by atoms with Gasteiger partial charge in [0.05, 0.1) is 12.2 Å². The monoisotopic (exact) mass is 294 g/mol. The third-order valence-corrected chi connectivity index (χ3v) is 3.25. The van der Waals surface area contributed by atoms with Gasteiger partial charge in [-0.05, 0) is 47.0 Å². The summed E-state index contributed by atoms with van der Waals surface area (Å²) in [4.78, 5) is 2.19. The lowest BCUT2D eigenvalue weighted by atomic mass is 10.1. The van der Waals surface area contributed by atoms with Crippen LogP contribution in [0.25, 0.3) is 0 Å². The molecule has 1 atom stereocenters. The summed E-state index contributed by atoms with van der Waals surface area (Å²) in [6.45, 7) is 5.71. The number of nitrogens with two attached hydrogens (primary N) is 1. The first-order chi connectivity index (χ1) is 8.10. The van der Waals surface area contributed by atoms with Gasteiger partial charge in [0.15, 0.2) is 0 Å². The van der Waals surface area contributed by atoms with Crippen molar-refractivity contribution in [3.05, 3.63) is 28.2 Å². The molecule has 0 spiro atoms. The fourth-order valence-electron chi connectivity index (χ4n) is 1.73. The van der Waals surface area contributed by atoms with Crippen LogP contribution in [0.5, 0.6) is 0 Å². The van der Waals surface area contributed by atoms with Gasteiger partial charge in [-0.1, -0.05) is 18.9 Å². The molecule has 0 radical (unpaired) electrons. The summed E-state index contributed by atoms with van der Waals surface area (Å²) in [5.41, 5.74) is 8.12. The molecule has 1 rings (SSSR count). The third-order valence-electron chi connectivity index (χ3n) is 2.61. The first-order valence-corrected chi connectivity index (χ1v) is 6.62. The molecule has 0 aromatic heterocycles. The summed E-state index contributed by atoms with van der Waals surface area (Å²) in [5.74, 6) is 2.70. The maximum Gasteiger partial charge on any atom is 0.0792 e. The summed E-state index contributed by atoms with van der Waals surface area (Å²) < 4.78 is 1.05. The molecule has 0 bridgehead atoms. The van der Waals surface area contributed by atoms with Crippen molar-refractivity contribution in [3.8, 4) is 12.3 Å². The van der Waals surface area contributed by atoms with Gasteiger partial charge in [-0.25, -0.2) is 0 Å². The molecule has 0 aliphatic carbocycles. The predicted octanol–water partition coefficient (Wildman–Crippen LogP) is 3.32. The van der Waals surface area contributed by atoms with Crippen molar-refractivity contribution in [2.24, 2.45) is 5.73 Å². The highest BCUT2D eigenvalue weighted by molar-refractivity contribution is 9.10. The highest BCUT2D eigenvalue weighted by Gasteiger charge is 2.10. The zero-order valence-corrected chi connectivity index (χ0v) is 12.0. The normalized spacial score (nSPS) is 11.9. The van der Waals surface area contributed by atoms with Crippen LogP contribution in [-0.4, -0.2) is 13.1 Å². The van der Waals surface area contributed by atoms with Crippen LogP contribution in [0.1, 0.15) is 31.9 Å². The van der Waals surface area contributed by atoms with Crippen LogP contribution in [0.15, 0.2) is 22.7 Å². The first kappa shape index (κ1) is 14.1. The zero-order valence-electron chi connectivity index (χ0n) is 10.4. The van der Waals surface area contributed by atoms with Crippen LogP contribution in [-0.2, 0) is 0 Å². The van der Waals surface area contributed by atoms with Crippen LogP contribution in [0.2, 0.25) is 0 Å². The highest BCUT2D eigenvalue weighted by Crippen LogP contribution is 2.29. The van der Waals surface area contributed by atoms with Crippen molar-refractivity contribution in [2.75, 3.05) is 18.0 Å². The van der Waals surface area contributed by atoms with Crippen molar-refractivity contribution < 1.29 is 0 Å². The average Bonchev–Trinajstić information content (AvgIpc) is 2.28. The number of nitrogens with zero attached hydrogens (tertiary/aromatic N) is 1. The Bertz CT molecular complexity index is 407. The molecule has 1 aromatic rings. The molecule has 2 N–H and O–H groups in total. The van der Waals surface area contributed by atoms with Crippen molar-refractivity contribution in [2.45, 2.75) is 26.3 Å². The number of rotatable bonds is 5. The average molecular weight is 295 g/mol. The fraction of sp³-hybridized carbons (Fsp3) is 0.429. The summed E-state index contributed by atoms with van der Waals surface area (Å²) in [7, 11) is 0. The Morgan fingerprint density at radius 3 is 2.71 bits per heavy atom. The van der Waals surface area contributed by atoms with E-state index in [1.807, 2.05) is 6.92 Å². The number of halogens is 1. The number of anilines is 1. The van der Waals surface area contributed by atoms with Crippen LogP contribution < -0.4 is 10.6 Å². The van der Waals surface area contributed by atoms with Crippen molar-refractivity contribution in [1.82, 2.24) is 0 Å². The molecule has 17 heavy (non-hydrogen) atoms. The van der Waals surface area contributed by atoms with E-state index in [-0.39, 0.29) is 6.04 Å². The maximum atomic E-state index is 5.86. The number of terminal acetylenes is 1. The van der Waals surface area contributed by atoms with Crippen molar-refractivity contribution >= 4 is 21.6 Å². The molecule has 0 aliphatic heterocycles. The summed E-state index contributed by atoms with van der Waals surface area (Å²) >= 11 is 3.59. The van der Waals surface area contributed by atoms with Gasteiger partial charge in [-0.2, -0.15) is 0 Å². The molecular formula is C14H19BrN2. The van der Waals surface area contributed by atoms with Gasteiger partial charge >= 0.3 is 0 Å². The van der Waals surface area contributed by atoms with E-state index >= 15 is 0 Å². The van der Waals surface area contributed by atoms with Gasteiger partial charge in [0.25, 0.3) is 0 Å². The molecule has 0 amide bonds. The van der Waals surface area contributed by atoms with Crippen LogP contribution in [0.3, 0.4) is 0 Å². The lowest BCUT2D eigenvalue weighted by Gasteiger charge is -2.23. The fourth-order valence-corrected chi connectivity index (χ4v) is 2.37. The summed E-state index contributed by atoms with van der Waals surface area (Å²) in [5, 5.41) is 0. The maximum absolute atomic E-state index is 5.86. The van der Waals surface area contributed by atoms with Gasteiger partial charge in [-0.15, -0.1) is 6.42 Å². The van der Waals surface area contributed by atoms with Crippen LogP contribution >= 0.6 is 15.9 Å². The first-order valence-electron chi connectivity index (χ1n) is 5.83. The van der Waals surface area contributed by atoms with Crippen LogP contribution in [0.4, 0.5) is 5.69 Å². The summed E-state index contributed by atoms with van der Waals surface area (Å²) in [6.07, 6.45) is 6.47. The minimum Gasteiger partial charge on any atom is -0.359 e. The minimum absolute atomic E-state index is 0.0487. The molecule has 0 saturated heterocycles. The number of benzene rings is 1. The molecule has 0 saturated carbocycles. The number of hydrogen-bond donors (Lipinski definition) is 1. The van der Waals surface area contributed by atoms with Crippen LogP contribution in [0, 0.1) is 12.3 Å². The van der Waals surface area contributed by atoms with E-state index in [9.17, 15) is 0 Å². The summed E-state index contributed by atoms with van der Waals surface area (Å²) in [6, 6.07) is 6.26. The standard InChI is InChI=1S/C14H19BrN2/c1-4-8-17(9-5-2)14-7-6-12(11(3)16)10-13(14)15/h1,6-7,10-11H,5,8-9,16H2,2-3H3/t11-/m1/s1. The second-order valence-corrected chi connectivity index (χ2v) is 4.98. The lowest BCUT2D eigenvalue weighted by molar-refractivity contribution is 0.806. The van der Waals surface area contributed by atoms with E-state index < -0.39 is 0 Å². The largest absolute Gasteiger partial charge is 0.359 e. The number of hydrogen-bond acceptors (Lipinski definition) is 2. The Kier molecular flexibility index (Phi) is 5.54. The molecule has 0 heterocycles.